The highest BCUT2D eigenvalue weighted by atomic mass is 19.1. The molecule has 6 nitrogen and oxygen atoms in total. The van der Waals surface area contributed by atoms with Crippen LogP contribution < -0.4 is 0 Å². The summed E-state index contributed by atoms with van der Waals surface area (Å²) in [6.07, 6.45) is 0.710. The van der Waals surface area contributed by atoms with E-state index in [0.29, 0.717) is 31.7 Å². The van der Waals surface area contributed by atoms with Crippen LogP contribution in [0.4, 0.5) is 4.39 Å². The van der Waals surface area contributed by atoms with E-state index in [1.165, 1.54) is 24.0 Å². The molecular weight excluding hydrogens is 339 g/mol. The van der Waals surface area contributed by atoms with E-state index in [9.17, 15) is 19.1 Å². The lowest BCUT2D eigenvalue weighted by molar-refractivity contribution is -0.129. The standard InChI is InChI=1S/C19H23FN2O4/c1-13(23)16-17(14-3-5-15(20)6-4-14)22(19(25)18(16)24)8-2-7-21-9-11-26-12-10-21/h3-6,17,24H,2,7-12H2,1H3/t17-/m1/s1. The van der Waals surface area contributed by atoms with Gasteiger partial charge in [-0.25, -0.2) is 4.39 Å². The monoisotopic (exact) mass is 362 g/mol. The summed E-state index contributed by atoms with van der Waals surface area (Å²) in [5.74, 6) is -1.81. The van der Waals surface area contributed by atoms with Crippen molar-refractivity contribution in [2.75, 3.05) is 39.4 Å². The van der Waals surface area contributed by atoms with E-state index in [1.807, 2.05) is 0 Å². The number of Topliss-reactive ketones (excluding diaryl/α,β-unsaturated/α-hetero) is 1. The van der Waals surface area contributed by atoms with Gasteiger partial charge in [0.2, 0.25) is 0 Å². The molecule has 1 N–H and O–H groups in total. The van der Waals surface area contributed by atoms with E-state index >= 15 is 0 Å². The summed E-state index contributed by atoms with van der Waals surface area (Å²) in [6, 6.07) is 5.00. The van der Waals surface area contributed by atoms with Gasteiger partial charge in [0, 0.05) is 26.2 Å². The van der Waals surface area contributed by atoms with Crippen molar-refractivity contribution < 1.29 is 23.8 Å². The number of aliphatic hydroxyl groups is 1. The molecule has 0 aliphatic carbocycles. The Kier molecular flexibility index (Phi) is 5.68. The van der Waals surface area contributed by atoms with Gasteiger partial charge in [0.1, 0.15) is 5.82 Å². The molecule has 0 unspecified atom stereocenters. The Bertz CT molecular complexity index is 711. The number of carbonyl (C=O) groups excluding carboxylic acids is 2. The van der Waals surface area contributed by atoms with Crippen molar-refractivity contribution >= 4 is 11.7 Å². The second kappa shape index (κ2) is 7.97. The minimum Gasteiger partial charge on any atom is -0.503 e. The van der Waals surface area contributed by atoms with Crippen LogP contribution in [0.15, 0.2) is 35.6 Å². The number of nitrogens with zero attached hydrogens (tertiary/aromatic N) is 2. The van der Waals surface area contributed by atoms with Crippen LogP contribution in [0.3, 0.4) is 0 Å². The van der Waals surface area contributed by atoms with Crippen molar-refractivity contribution in [1.29, 1.82) is 0 Å². The summed E-state index contributed by atoms with van der Waals surface area (Å²) in [5.41, 5.74) is 0.688. The lowest BCUT2D eigenvalue weighted by Gasteiger charge is -2.29. The van der Waals surface area contributed by atoms with Crippen molar-refractivity contribution in [3.8, 4) is 0 Å². The molecule has 1 amide bonds. The third-order valence-electron chi connectivity index (χ3n) is 4.85. The number of hydrogen-bond donors (Lipinski definition) is 1. The zero-order chi connectivity index (χ0) is 18.7. The Morgan fingerprint density at radius 3 is 2.50 bits per heavy atom. The van der Waals surface area contributed by atoms with Crippen molar-refractivity contribution in [3.05, 3.63) is 47.0 Å². The fraction of sp³-hybridized carbons (Fsp3) is 0.474. The number of ketones is 1. The van der Waals surface area contributed by atoms with Crippen LogP contribution in [0.1, 0.15) is 24.9 Å². The number of benzene rings is 1. The molecular formula is C19H23FN2O4. The quantitative estimate of drug-likeness (QED) is 0.836. The number of halogens is 1. The summed E-state index contributed by atoms with van der Waals surface area (Å²) in [6.45, 7) is 5.66. The van der Waals surface area contributed by atoms with Gasteiger partial charge < -0.3 is 14.7 Å². The zero-order valence-corrected chi connectivity index (χ0v) is 14.8. The topological polar surface area (TPSA) is 70.1 Å². The lowest BCUT2D eigenvalue weighted by Crippen LogP contribution is -2.39. The van der Waals surface area contributed by atoms with E-state index in [1.54, 1.807) is 12.1 Å². The smallest absolute Gasteiger partial charge is 0.290 e. The lowest BCUT2D eigenvalue weighted by atomic mass is 9.96. The van der Waals surface area contributed by atoms with Crippen LogP contribution in [0.2, 0.25) is 0 Å². The predicted molar refractivity (Wildman–Crippen MR) is 93.1 cm³/mol. The Morgan fingerprint density at radius 1 is 1.23 bits per heavy atom. The Balaban J connectivity index is 1.76. The highest BCUT2D eigenvalue weighted by Gasteiger charge is 2.42. The molecule has 0 saturated carbocycles. The normalized spacial score (nSPS) is 21.5. The van der Waals surface area contributed by atoms with Gasteiger partial charge in [0.05, 0.1) is 24.8 Å². The van der Waals surface area contributed by atoms with Gasteiger partial charge in [0.25, 0.3) is 5.91 Å². The first-order valence-electron chi connectivity index (χ1n) is 8.79. The van der Waals surface area contributed by atoms with E-state index in [-0.39, 0.29) is 11.4 Å². The molecule has 26 heavy (non-hydrogen) atoms. The maximum Gasteiger partial charge on any atom is 0.290 e. The molecule has 0 bridgehead atoms. The van der Waals surface area contributed by atoms with Crippen molar-refractivity contribution in [3.63, 3.8) is 0 Å². The molecule has 1 saturated heterocycles. The highest BCUT2D eigenvalue weighted by molar-refractivity contribution is 6.08. The Labute approximate surface area is 151 Å². The number of rotatable bonds is 6. The van der Waals surface area contributed by atoms with Gasteiger partial charge in [-0.3, -0.25) is 14.5 Å². The minimum atomic E-state index is -0.676. The first-order chi connectivity index (χ1) is 12.5. The van der Waals surface area contributed by atoms with E-state index in [2.05, 4.69) is 4.90 Å². The van der Waals surface area contributed by atoms with Crippen LogP contribution >= 0.6 is 0 Å². The first-order valence-corrected chi connectivity index (χ1v) is 8.79. The third-order valence-corrected chi connectivity index (χ3v) is 4.85. The van der Waals surface area contributed by atoms with Crippen LogP contribution in [0.5, 0.6) is 0 Å². The molecule has 2 aliphatic heterocycles. The number of ether oxygens (including phenoxy) is 1. The van der Waals surface area contributed by atoms with Crippen molar-refractivity contribution in [1.82, 2.24) is 9.80 Å². The molecule has 0 spiro atoms. The molecule has 3 rings (SSSR count). The second-order valence-electron chi connectivity index (χ2n) is 6.58. The SMILES string of the molecule is CC(=O)C1=C(O)C(=O)N(CCCN2CCOCC2)[C@@H]1c1ccc(F)cc1. The molecule has 1 atom stereocenters. The van der Waals surface area contributed by atoms with Crippen LogP contribution in [0, 0.1) is 5.82 Å². The van der Waals surface area contributed by atoms with Gasteiger partial charge in [-0.05, 0) is 31.0 Å². The van der Waals surface area contributed by atoms with Gasteiger partial charge in [-0.2, -0.15) is 0 Å². The molecule has 0 radical (unpaired) electrons. The van der Waals surface area contributed by atoms with Gasteiger partial charge in [-0.15, -0.1) is 0 Å². The highest BCUT2D eigenvalue weighted by Crippen LogP contribution is 2.37. The molecule has 1 aromatic rings. The van der Waals surface area contributed by atoms with E-state index < -0.39 is 23.5 Å². The number of hydrogen-bond acceptors (Lipinski definition) is 5. The summed E-state index contributed by atoms with van der Waals surface area (Å²) < 4.78 is 18.6. The maximum atomic E-state index is 13.3. The van der Waals surface area contributed by atoms with Gasteiger partial charge >= 0.3 is 0 Å². The molecule has 140 valence electrons. The fourth-order valence-electron chi connectivity index (χ4n) is 3.52. The number of amides is 1. The summed E-state index contributed by atoms with van der Waals surface area (Å²) in [7, 11) is 0. The zero-order valence-electron chi connectivity index (χ0n) is 14.8. The summed E-state index contributed by atoms with van der Waals surface area (Å²) >= 11 is 0. The third kappa shape index (κ3) is 3.78. The molecule has 7 heteroatoms. The van der Waals surface area contributed by atoms with E-state index in [0.717, 1.165) is 19.6 Å². The first kappa shape index (κ1) is 18.5. The van der Waals surface area contributed by atoms with Crippen LogP contribution in [0.25, 0.3) is 0 Å². The van der Waals surface area contributed by atoms with Crippen molar-refractivity contribution in [2.45, 2.75) is 19.4 Å². The predicted octanol–water partition coefficient (Wildman–Crippen LogP) is 1.83. The number of morpholine rings is 1. The van der Waals surface area contributed by atoms with Crippen LogP contribution in [-0.4, -0.2) is 66.0 Å². The van der Waals surface area contributed by atoms with E-state index in [4.69, 9.17) is 4.74 Å². The maximum absolute atomic E-state index is 13.3. The Morgan fingerprint density at radius 2 is 1.88 bits per heavy atom. The van der Waals surface area contributed by atoms with Gasteiger partial charge in [0.15, 0.2) is 11.5 Å². The van der Waals surface area contributed by atoms with Crippen molar-refractivity contribution in [2.24, 2.45) is 0 Å². The molecule has 1 aromatic carbocycles. The molecule has 2 aliphatic rings. The summed E-state index contributed by atoms with van der Waals surface area (Å²) in [5, 5.41) is 10.2. The van der Waals surface area contributed by atoms with Crippen LogP contribution in [-0.2, 0) is 14.3 Å². The number of aliphatic hydroxyl groups excluding tert-OH is 1. The molecule has 0 aromatic heterocycles. The largest absolute Gasteiger partial charge is 0.503 e. The average molecular weight is 362 g/mol. The molecule has 1 fully saturated rings. The number of carbonyl (C=O) groups is 2. The second-order valence-corrected chi connectivity index (χ2v) is 6.58. The summed E-state index contributed by atoms with van der Waals surface area (Å²) in [4.78, 5) is 28.3. The minimum absolute atomic E-state index is 0.0768. The average Bonchev–Trinajstić information content (AvgIpc) is 2.88. The fourth-order valence-corrected chi connectivity index (χ4v) is 3.52. The Hall–Kier alpha value is -2.25. The molecule has 2 heterocycles. The van der Waals surface area contributed by atoms with Gasteiger partial charge in [-0.1, -0.05) is 12.1 Å².